The first-order valence-electron chi connectivity index (χ1n) is 21.6. The van der Waals surface area contributed by atoms with E-state index in [9.17, 15) is 0 Å². The number of nitrogens with zero attached hydrogens (tertiary/aromatic N) is 2. The molecule has 1 aliphatic heterocycles. The van der Waals surface area contributed by atoms with Gasteiger partial charge in [-0.1, -0.05) is 223 Å². The van der Waals surface area contributed by atoms with Crippen molar-refractivity contribution in [2.45, 2.75) is 199 Å². The van der Waals surface area contributed by atoms with E-state index in [-0.39, 0.29) is 5.66 Å². The SMILES string of the molecule is CCCCCCCCCCCCCCCCCCCN1C=CN(CCCCCCCCC)C1(Cc1ccccc1)C(CC)c1ccccc1. The molecule has 2 aromatic rings. The van der Waals surface area contributed by atoms with Gasteiger partial charge in [-0.3, -0.25) is 0 Å². The van der Waals surface area contributed by atoms with Crippen LogP contribution in [-0.4, -0.2) is 28.6 Å². The molecule has 0 fully saturated rings. The van der Waals surface area contributed by atoms with Crippen LogP contribution in [0.3, 0.4) is 0 Å². The van der Waals surface area contributed by atoms with Gasteiger partial charge in [-0.15, -0.1) is 0 Å². The van der Waals surface area contributed by atoms with E-state index in [4.69, 9.17) is 0 Å². The van der Waals surface area contributed by atoms with Crippen molar-refractivity contribution in [3.05, 3.63) is 84.2 Å². The zero-order valence-corrected chi connectivity index (χ0v) is 32.7. The standard InChI is InChI=1S/C47H78N2/c1-4-7-9-11-13-14-15-16-17-18-19-20-21-22-24-26-34-40-49-42-41-48(39-33-25-23-12-10-8-5-2)47(49,43-44-35-29-27-30-36-44)46(6-3)45-37-31-28-32-38-45/h27-32,35-38,41-42,46H,4-26,33-34,39-40,43H2,1-3H3. The first-order chi connectivity index (χ1) is 24.3. The van der Waals surface area contributed by atoms with Crippen LogP contribution in [0, 0.1) is 0 Å². The molecule has 49 heavy (non-hydrogen) atoms. The second kappa shape index (κ2) is 26.6. The smallest absolute Gasteiger partial charge is 0.123 e. The van der Waals surface area contributed by atoms with Crippen LogP contribution in [-0.2, 0) is 6.42 Å². The summed E-state index contributed by atoms with van der Waals surface area (Å²) in [5.74, 6) is 0.444. The lowest BCUT2D eigenvalue weighted by Crippen LogP contribution is -2.59. The van der Waals surface area contributed by atoms with Gasteiger partial charge >= 0.3 is 0 Å². The van der Waals surface area contributed by atoms with E-state index >= 15 is 0 Å². The molecule has 0 N–H and O–H groups in total. The summed E-state index contributed by atoms with van der Waals surface area (Å²) in [7, 11) is 0. The molecular weight excluding hydrogens is 593 g/mol. The molecule has 0 saturated heterocycles. The van der Waals surface area contributed by atoms with Gasteiger partial charge in [-0.05, 0) is 30.4 Å². The third-order valence-corrected chi connectivity index (χ3v) is 11.4. The summed E-state index contributed by atoms with van der Waals surface area (Å²) in [4.78, 5) is 5.56. The minimum atomic E-state index is -0.0608. The molecule has 2 aromatic carbocycles. The van der Waals surface area contributed by atoms with Gasteiger partial charge in [-0.25, -0.2) is 0 Å². The third-order valence-electron chi connectivity index (χ3n) is 11.4. The van der Waals surface area contributed by atoms with E-state index in [0.29, 0.717) is 5.92 Å². The lowest BCUT2D eigenvalue weighted by molar-refractivity contribution is -0.00378. The molecule has 2 nitrogen and oxygen atoms in total. The molecule has 1 heterocycles. The zero-order chi connectivity index (χ0) is 34.7. The largest absolute Gasteiger partial charge is 0.353 e. The van der Waals surface area contributed by atoms with Crippen molar-refractivity contribution in [2.24, 2.45) is 0 Å². The maximum atomic E-state index is 2.79. The van der Waals surface area contributed by atoms with E-state index in [0.717, 1.165) is 25.9 Å². The van der Waals surface area contributed by atoms with E-state index in [1.165, 1.54) is 165 Å². The van der Waals surface area contributed by atoms with Gasteiger partial charge in [0.2, 0.25) is 0 Å². The van der Waals surface area contributed by atoms with Crippen molar-refractivity contribution < 1.29 is 0 Å². The van der Waals surface area contributed by atoms with Crippen molar-refractivity contribution in [2.75, 3.05) is 13.1 Å². The Morgan fingerprint density at radius 3 is 1.14 bits per heavy atom. The minimum Gasteiger partial charge on any atom is -0.353 e. The average Bonchev–Trinajstić information content (AvgIpc) is 3.46. The summed E-state index contributed by atoms with van der Waals surface area (Å²) in [6.45, 7) is 9.34. The first kappa shape index (κ1) is 41.2. The number of unbranched alkanes of at least 4 members (excludes halogenated alkanes) is 22. The summed E-state index contributed by atoms with van der Waals surface area (Å²) in [6, 6.07) is 22.8. The van der Waals surface area contributed by atoms with Crippen molar-refractivity contribution in [1.29, 1.82) is 0 Å². The highest BCUT2D eigenvalue weighted by Gasteiger charge is 2.49. The highest BCUT2D eigenvalue weighted by atomic mass is 15.4. The summed E-state index contributed by atoms with van der Waals surface area (Å²) in [5, 5.41) is 0. The zero-order valence-electron chi connectivity index (χ0n) is 32.7. The van der Waals surface area contributed by atoms with Gasteiger partial charge in [0, 0.05) is 37.8 Å². The fourth-order valence-corrected chi connectivity index (χ4v) is 8.50. The molecule has 276 valence electrons. The summed E-state index contributed by atoms with van der Waals surface area (Å²) in [5.41, 5.74) is 2.88. The van der Waals surface area contributed by atoms with E-state index in [1.54, 1.807) is 0 Å². The van der Waals surface area contributed by atoms with Gasteiger partial charge in [0.1, 0.15) is 5.66 Å². The monoisotopic (exact) mass is 671 g/mol. The molecule has 2 atom stereocenters. The third kappa shape index (κ3) is 15.3. The van der Waals surface area contributed by atoms with Crippen LogP contribution in [0.2, 0.25) is 0 Å². The second-order valence-electron chi connectivity index (χ2n) is 15.4. The summed E-state index contributed by atoms with van der Waals surface area (Å²) in [6.07, 6.45) is 40.9. The predicted molar refractivity (Wildman–Crippen MR) is 217 cm³/mol. The highest BCUT2D eigenvalue weighted by molar-refractivity contribution is 5.30. The average molecular weight is 671 g/mol. The number of rotatable bonds is 31. The van der Waals surface area contributed by atoms with E-state index in [1.807, 2.05) is 0 Å². The van der Waals surface area contributed by atoms with Crippen LogP contribution in [0.15, 0.2) is 73.1 Å². The van der Waals surface area contributed by atoms with E-state index < -0.39 is 0 Å². The Bertz CT molecular complexity index is 1050. The van der Waals surface area contributed by atoms with Crippen LogP contribution in [0.1, 0.15) is 198 Å². The molecular formula is C47H78N2. The van der Waals surface area contributed by atoms with Gasteiger partial charge in [0.15, 0.2) is 0 Å². The predicted octanol–water partition coefficient (Wildman–Crippen LogP) is 14.6. The Hall–Kier alpha value is -2.22. The Morgan fingerprint density at radius 1 is 0.429 bits per heavy atom. The minimum absolute atomic E-state index is 0.0608. The topological polar surface area (TPSA) is 6.48 Å². The highest BCUT2D eigenvalue weighted by Crippen LogP contribution is 2.45. The molecule has 0 bridgehead atoms. The molecule has 0 spiro atoms. The Morgan fingerprint density at radius 2 is 0.776 bits per heavy atom. The Kier molecular flexibility index (Phi) is 22.3. The molecule has 2 unspecified atom stereocenters. The Balaban J connectivity index is 1.50. The quantitative estimate of drug-likeness (QED) is 0.0737. The summed E-state index contributed by atoms with van der Waals surface area (Å²) >= 11 is 0. The van der Waals surface area contributed by atoms with Gasteiger partial charge < -0.3 is 9.80 Å². The number of hydrogen-bond acceptors (Lipinski definition) is 2. The molecule has 2 heteroatoms. The fourth-order valence-electron chi connectivity index (χ4n) is 8.50. The van der Waals surface area contributed by atoms with Crippen LogP contribution in [0.4, 0.5) is 0 Å². The maximum Gasteiger partial charge on any atom is 0.123 e. The molecule has 0 radical (unpaired) electrons. The van der Waals surface area contributed by atoms with Crippen LogP contribution < -0.4 is 0 Å². The summed E-state index contributed by atoms with van der Waals surface area (Å²) < 4.78 is 0. The van der Waals surface area contributed by atoms with Gasteiger partial charge in [0.25, 0.3) is 0 Å². The van der Waals surface area contributed by atoms with Crippen molar-refractivity contribution in [1.82, 2.24) is 9.80 Å². The van der Waals surface area contributed by atoms with Crippen molar-refractivity contribution >= 4 is 0 Å². The lowest BCUT2D eigenvalue weighted by Gasteiger charge is -2.51. The Labute approximate surface area is 305 Å². The lowest BCUT2D eigenvalue weighted by atomic mass is 9.78. The second-order valence-corrected chi connectivity index (χ2v) is 15.4. The molecule has 0 saturated carbocycles. The maximum absolute atomic E-state index is 2.79. The van der Waals surface area contributed by atoms with E-state index in [2.05, 4.69) is 104 Å². The van der Waals surface area contributed by atoms with Gasteiger partial charge in [-0.2, -0.15) is 0 Å². The van der Waals surface area contributed by atoms with Crippen LogP contribution >= 0.6 is 0 Å². The van der Waals surface area contributed by atoms with Crippen LogP contribution in [0.25, 0.3) is 0 Å². The fraction of sp³-hybridized carbons (Fsp3) is 0.702. The molecule has 0 aliphatic carbocycles. The number of hydrogen-bond donors (Lipinski definition) is 0. The first-order valence-corrected chi connectivity index (χ1v) is 21.6. The molecule has 0 amide bonds. The normalized spacial score (nSPS) is 16.6. The van der Waals surface area contributed by atoms with Crippen LogP contribution in [0.5, 0.6) is 0 Å². The molecule has 0 aromatic heterocycles. The van der Waals surface area contributed by atoms with Crippen molar-refractivity contribution in [3.8, 4) is 0 Å². The van der Waals surface area contributed by atoms with Crippen molar-refractivity contribution in [3.63, 3.8) is 0 Å². The molecule has 1 aliphatic rings. The number of benzene rings is 2. The molecule has 3 rings (SSSR count). The van der Waals surface area contributed by atoms with Gasteiger partial charge in [0.05, 0.1) is 0 Å².